The summed E-state index contributed by atoms with van der Waals surface area (Å²) in [5, 5.41) is 3.22. The molecule has 0 spiro atoms. The Hall–Kier alpha value is -1.17. The van der Waals surface area contributed by atoms with Crippen molar-refractivity contribution in [2.24, 2.45) is 0 Å². The molecule has 2 rings (SSSR count). The van der Waals surface area contributed by atoms with Crippen molar-refractivity contribution in [1.82, 2.24) is 5.32 Å². The Bertz CT molecular complexity index is 442. The Morgan fingerprint density at radius 2 is 2.33 bits per heavy atom. The maximum atomic E-state index is 14.3. The predicted octanol–water partition coefficient (Wildman–Crippen LogP) is 2.18. The summed E-state index contributed by atoms with van der Waals surface area (Å²) in [5.74, 6) is -0.157. The standard InChI is InChI=1S/C16H25FN2O2/c1-13-12-19(7-3-8-21-13)16-5-4-14(10-15(16)17)11-18-6-9-20-2/h4-5,10,13,18H,3,6-9,11-12H2,1-2H3. The summed E-state index contributed by atoms with van der Waals surface area (Å²) >= 11 is 0. The van der Waals surface area contributed by atoms with Gasteiger partial charge in [-0.1, -0.05) is 6.07 Å². The van der Waals surface area contributed by atoms with Gasteiger partial charge in [0.25, 0.3) is 0 Å². The predicted molar refractivity (Wildman–Crippen MR) is 82.2 cm³/mol. The minimum Gasteiger partial charge on any atom is -0.383 e. The number of rotatable bonds is 6. The average molecular weight is 296 g/mol. The Morgan fingerprint density at radius 3 is 3.10 bits per heavy atom. The first-order valence-corrected chi connectivity index (χ1v) is 7.55. The number of nitrogens with zero attached hydrogens (tertiary/aromatic N) is 1. The van der Waals surface area contributed by atoms with E-state index in [1.165, 1.54) is 0 Å². The number of halogens is 1. The van der Waals surface area contributed by atoms with Crippen molar-refractivity contribution in [2.75, 3.05) is 44.9 Å². The molecule has 1 heterocycles. The number of benzene rings is 1. The first-order chi connectivity index (χ1) is 10.2. The molecule has 1 aliphatic rings. The van der Waals surface area contributed by atoms with E-state index in [1.54, 1.807) is 13.2 Å². The van der Waals surface area contributed by atoms with Crippen molar-refractivity contribution in [2.45, 2.75) is 26.0 Å². The van der Waals surface area contributed by atoms with Gasteiger partial charge in [0.1, 0.15) is 5.82 Å². The van der Waals surface area contributed by atoms with E-state index in [9.17, 15) is 4.39 Å². The normalized spacial score (nSPS) is 19.6. The smallest absolute Gasteiger partial charge is 0.146 e. The SMILES string of the molecule is COCCNCc1ccc(N2CCCOC(C)C2)c(F)c1. The lowest BCUT2D eigenvalue weighted by molar-refractivity contribution is 0.0820. The van der Waals surface area contributed by atoms with Crippen molar-refractivity contribution in [1.29, 1.82) is 0 Å². The quantitative estimate of drug-likeness (QED) is 0.816. The molecule has 5 heteroatoms. The largest absolute Gasteiger partial charge is 0.383 e. The number of hydrogen-bond donors (Lipinski definition) is 1. The Morgan fingerprint density at radius 1 is 1.48 bits per heavy atom. The third-order valence-electron chi connectivity index (χ3n) is 3.62. The highest BCUT2D eigenvalue weighted by molar-refractivity contribution is 5.49. The van der Waals surface area contributed by atoms with Crippen molar-refractivity contribution in [3.8, 4) is 0 Å². The van der Waals surface area contributed by atoms with Crippen LogP contribution < -0.4 is 10.2 Å². The van der Waals surface area contributed by atoms with Crippen LogP contribution in [0, 0.1) is 5.82 Å². The molecule has 0 amide bonds. The van der Waals surface area contributed by atoms with E-state index >= 15 is 0 Å². The lowest BCUT2D eigenvalue weighted by Gasteiger charge is -2.25. The third-order valence-corrected chi connectivity index (χ3v) is 3.62. The summed E-state index contributed by atoms with van der Waals surface area (Å²) in [6, 6.07) is 5.47. The molecule has 1 saturated heterocycles. The summed E-state index contributed by atoms with van der Waals surface area (Å²) in [6.45, 7) is 6.44. The van der Waals surface area contributed by atoms with E-state index in [4.69, 9.17) is 9.47 Å². The van der Waals surface area contributed by atoms with Crippen LogP contribution in [0.1, 0.15) is 18.9 Å². The maximum Gasteiger partial charge on any atom is 0.146 e. The van der Waals surface area contributed by atoms with Crippen LogP contribution in [-0.4, -0.2) is 46.1 Å². The molecule has 1 aliphatic heterocycles. The molecule has 1 aromatic rings. The average Bonchev–Trinajstić information content (AvgIpc) is 2.68. The molecule has 0 aliphatic carbocycles. The van der Waals surface area contributed by atoms with Gasteiger partial charge in [-0.05, 0) is 31.0 Å². The molecule has 0 bridgehead atoms. The first kappa shape index (κ1) is 16.2. The van der Waals surface area contributed by atoms with Gasteiger partial charge in [-0.3, -0.25) is 0 Å². The highest BCUT2D eigenvalue weighted by Gasteiger charge is 2.18. The molecule has 21 heavy (non-hydrogen) atoms. The van der Waals surface area contributed by atoms with E-state index < -0.39 is 0 Å². The number of nitrogens with one attached hydrogen (secondary N) is 1. The summed E-state index contributed by atoms with van der Waals surface area (Å²) in [7, 11) is 1.67. The summed E-state index contributed by atoms with van der Waals surface area (Å²) in [4.78, 5) is 2.08. The van der Waals surface area contributed by atoms with Crippen molar-refractivity contribution < 1.29 is 13.9 Å². The van der Waals surface area contributed by atoms with Crippen LogP contribution in [0.15, 0.2) is 18.2 Å². The molecular weight excluding hydrogens is 271 g/mol. The molecule has 1 N–H and O–H groups in total. The van der Waals surface area contributed by atoms with Crippen LogP contribution in [-0.2, 0) is 16.0 Å². The minimum absolute atomic E-state index is 0.141. The molecular formula is C16H25FN2O2. The van der Waals surface area contributed by atoms with Crippen LogP contribution in [0.2, 0.25) is 0 Å². The molecule has 4 nitrogen and oxygen atoms in total. The Kier molecular flexibility index (Phi) is 6.42. The Labute approximate surface area is 126 Å². The minimum atomic E-state index is -0.157. The van der Waals surface area contributed by atoms with Crippen molar-refractivity contribution in [3.05, 3.63) is 29.6 Å². The number of anilines is 1. The van der Waals surface area contributed by atoms with Crippen molar-refractivity contribution in [3.63, 3.8) is 0 Å². The van der Waals surface area contributed by atoms with Crippen LogP contribution in [0.4, 0.5) is 10.1 Å². The zero-order chi connectivity index (χ0) is 15.1. The molecule has 0 radical (unpaired) electrons. The zero-order valence-corrected chi connectivity index (χ0v) is 12.9. The van der Waals surface area contributed by atoms with Gasteiger partial charge in [0.05, 0.1) is 18.4 Å². The molecule has 1 fully saturated rings. The molecule has 118 valence electrons. The molecule has 1 atom stereocenters. The van der Waals surface area contributed by atoms with Gasteiger partial charge in [0.15, 0.2) is 0 Å². The second kappa shape index (κ2) is 8.32. The number of methoxy groups -OCH3 is 1. The maximum absolute atomic E-state index is 14.3. The summed E-state index contributed by atoms with van der Waals surface area (Å²) < 4.78 is 24.9. The van der Waals surface area contributed by atoms with Gasteiger partial charge >= 0.3 is 0 Å². The second-order valence-electron chi connectivity index (χ2n) is 5.44. The lowest BCUT2D eigenvalue weighted by atomic mass is 10.1. The van der Waals surface area contributed by atoms with Crippen molar-refractivity contribution >= 4 is 5.69 Å². The number of ether oxygens (including phenoxy) is 2. The summed E-state index contributed by atoms with van der Waals surface area (Å²) in [6.07, 6.45) is 1.08. The van der Waals surface area contributed by atoms with E-state index in [0.717, 1.165) is 38.2 Å². The fraction of sp³-hybridized carbons (Fsp3) is 0.625. The van der Waals surface area contributed by atoms with Gasteiger partial charge < -0.3 is 19.7 Å². The van der Waals surface area contributed by atoms with Gasteiger partial charge in [-0.25, -0.2) is 4.39 Å². The first-order valence-electron chi connectivity index (χ1n) is 7.55. The lowest BCUT2D eigenvalue weighted by Crippen LogP contribution is -2.30. The van der Waals surface area contributed by atoms with Gasteiger partial charge in [-0.15, -0.1) is 0 Å². The fourth-order valence-electron chi connectivity index (χ4n) is 2.54. The van der Waals surface area contributed by atoms with Crippen LogP contribution >= 0.6 is 0 Å². The summed E-state index contributed by atoms with van der Waals surface area (Å²) in [5.41, 5.74) is 1.62. The van der Waals surface area contributed by atoms with E-state index in [1.807, 2.05) is 19.1 Å². The highest BCUT2D eigenvalue weighted by atomic mass is 19.1. The molecule has 1 unspecified atom stereocenters. The van der Waals surface area contributed by atoms with Crippen LogP contribution in [0.3, 0.4) is 0 Å². The second-order valence-corrected chi connectivity index (χ2v) is 5.44. The fourth-order valence-corrected chi connectivity index (χ4v) is 2.54. The Balaban J connectivity index is 1.97. The van der Waals surface area contributed by atoms with Gasteiger partial charge in [0, 0.05) is 39.9 Å². The molecule has 1 aromatic carbocycles. The highest BCUT2D eigenvalue weighted by Crippen LogP contribution is 2.22. The molecule has 0 saturated carbocycles. The zero-order valence-electron chi connectivity index (χ0n) is 12.9. The topological polar surface area (TPSA) is 33.7 Å². The third kappa shape index (κ3) is 4.95. The van der Waals surface area contributed by atoms with E-state index in [-0.39, 0.29) is 11.9 Å². The number of hydrogen-bond acceptors (Lipinski definition) is 4. The molecule has 0 aromatic heterocycles. The van der Waals surface area contributed by atoms with Crippen LogP contribution in [0.25, 0.3) is 0 Å². The van der Waals surface area contributed by atoms with Crippen LogP contribution in [0.5, 0.6) is 0 Å². The van der Waals surface area contributed by atoms with E-state index in [0.29, 0.717) is 18.8 Å². The van der Waals surface area contributed by atoms with Gasteiger partial charge in [-0.2, -0.15) is 0 Å². The van der Waals surface area contributed by atoms with Gasteiger partial charge in [0.2, 0.25) is 0 Å². The van der Waals surface area contributed by atoms with E-state index in [2.05, 4.69) is 10.2 Å². The monoisotopic (exact) mass is 296 g/mol.